The van der Waals surface area contributed by atoms with E-state index in [2.05, 4.69) is 10.6 Å². The quantitative estimate of drug-likeness (QED) is 0.549. The van der Waals surface area contributed by atoms with Crippen molar-refractivity contribution in [3.63, 3.8) is 0 Å². The Hall–Kier alpha value is -4.00. The van der Waals surface area contributed by atoms with E-state index in [0.29, 0.717) is 30.2 Å². The first-order valence-corrected chi connectivity index (χ1v) is 11.3. The summed E-state index contributed by atoms with van der Waals surface area (Å²) in [5.41, 5.74) is 3.89. The van der Waals surface area contributed by atoms with Crippen molar-refractivity contribution in [2.24, 2.45) is 0 Å². The molecule has 3 aromatic rings. The van der Waals surface area contributed by atoms with Crippen molar-refractivity contribution >= 4 is 17.6 Å². The van der Waals surface area contributed by atoms with Crippen LogP contribution in [0, 0.1) is 0 Å². The second-order valence-electron chi connectivity index (χ2n) is 8.05. The molecule has 0 saturated heterocycles. The van der Waals surface area contributed by atoms with E-state index in [1.165, 1.54) is 0 Å². The van der Waals surface area contributed by atoms with Crippen LogP contribution in [0.15, 0.2) is 72.8 Å². The standard InChI is InChI=1S/C27H29N3O4/c1-33-23-17-20-14-16-30(25(31)13-15-28-27(32)29-21-11-7-4-8-12-21)26(19-9-5-3-6-10-19)22(20)18-24(23)34-2/h3-12,17-18,26H,13-16H2,1-2H3,(H2,28,29,32)/t26-/m0/s1. The van der Waals surface area contributed by atoms with Gasteiger partial charge in [-0.05, 0) is 47.4 Å². The van der Waals surface area contributed by atoms with Crippen LogP contribution in [0.3, 0.4) is 0 Å². The smallest absolute Gasteiger partial charge is 0.319 e. The van der Waals surface area contributed by atoms with Crippen LogP contribution in [0.2, 0.25) is 0 Å². The highest BCUT2D eigenvalue weighted by Gasteiger charge is 2.33. The summed E-state index contributed by atoms with van der Waals surface area (Å²) in [6.45, 7) is 0.825. The summed E-state index contributed by atoms with van der Waals surface area (Å²) in [6.07, 6.45) is 0.918. The van der Waals surface area contributed by atoms with Gasteiger partial charge in [0, 0.05) is 25.2 Å². The fourth-order valence-corrected chi connectivity index (χ4v) is 4.33. The fourth-order valence-electron chi connectivity index (χ4n) is 4.33. The Bertz CT molecular complexity index is 1140. The molecule has 1 atom stereocenters. The average molecular weight is 460 g/mol. The minimum absolute atomic E-state index is 0.0192. The van der Waals surface area contributed by atoms with Crippen LogP contribution in [-0.4, -0.2) is 44.1 Å². The van der Waals surface area contributed by atoms with Gasteiger partial charge in [0.1, 0.15) is 0 Å². The minimum atomic E-state index is -0.334. The number of carbonyl (C=O) groups excluding carboxylic acids is 2. The van der Waals surface area contributed by atoms with Crippen LogP contribution in [0.1, 0.15) is 29.2 Å². The van der Waals surface area contributed by atoms with Gasteiger partial charge in [-0.15, -0.1) is 0 Å². The Kier molecular flexibility index (Phi) is 7.32. The summed E-state index contributed by atoms with van der Waals surface area (Å²) in [5, 5.41) is 5.54. The van der Waals surface area contributed by atoms with Crippen LogP contribution in [0.5, 0.6) is 11.5 Å². The highest BCUT2D eigenvalue weighted by molar-refractivity contribution is 5.89. The van der Waals surface area contributed by atoms with Crippen molar-refractivity contribution in [2.75, 3.05) is 32.6 Å². The lowest BCUT2D eigenvalue weighted by Crippen LogP contribution is -2.42. The zero-order valence-electron chi connectivity index (χ0n) is 19.4. The van der Waals surface area contributed by atoms with Crippen LogP contribution >= 0.6 is 0 Å². The van der Waals surface area contributed by atoms with E-state index in [0.717, 1.165) is 16.7 Å². The summed E-state index contributed by atoms with van der Waals surface area (Å²) >= 11 is 0. The normalized spacial score (nSPS) is 14.6. The first-order chi connectivity index (χ1) is 16.6. The average Bonchev–Trinajstić information content (AvgIpc) is 2.88. The summed E-state index contributed by atoms with van der Waals surface area (Å²) in [7, 11) is 3.23. The molecule has 0 spiro atoms. The molecule has 1 aliphatic heterocycles. The van der Waals surface area contributed by atoms with Gasteiger partial charge < -0.3 is 25.0 Å². The number of carbonyl (C=O) groups is 2. The molecule has 0 saturated carbocycles. The zero-order chi connectivity index (χ0) is 23.9. The van der Waals surface area contributed by atoms with E-state index in [4.69, 9.17) is 9.47 Å². The second kappa shape index (κ2) is 10.7. The topological polar surface area (TPSA) is 79.9 Å². The van der Waals surface area contributed by atoms with E-state index < -0.39 is 0 Å². The third kappa shape index (κ3) is 5.14. The Balaban J connectivity index is 1.50. The first kappa shape index (κ1) is 23.2. The van der Waals surface area contributed by atoms with Gasteiger partial charge in [-0.2, -0.15) is 0 Å². The number of amides is 3. The lowest BCUT2D eigenvalue weighted by molar-refractivity contribution is -0.133. The van der Waals surface area contributed by atoms with Gasteiger partial charge in [0.25, 0.3) is 0 Å². The molecule has 0 aromatic heterocycles. The van der Waals surface area contributed by atoms with Crippen LogP contribution in [0.25, 0.3) is 0 Å². The zero-order valence-corrected chi connectivity index (χ0v) is 19.4. The van der Waals surface area contributed by atoms with Crippen molar-refractivity contribution in [2.45, 2.75) is 18.9 Å². The molecule has 7 nitrogen and oxygen atoms in total. The number of benzene rings is 3. The number of ether oxygens (including phenoxy) is 2. The molecule has 0 radical (unpaired) electrons. The molecule has 4 rings (SSSR count). The minimum Gasteiger partial charge on any atom is -0.493 e. The molecular formula is C27H29N3O4. The van der Waals surface area contributed by atoms with E-state index in [-0.39, 0.29) is 30.9 Å². The number of anilines is 1. The van der Waals surface area contributed by atoms with Gasteiger partial charge in [0.2, 0.25) is 5.91 Å². The number of urea groups is 1. The lowest BCUT2D eigenvalue weighted by Gasteiger charge is -2.38. The number of fused-ring (bicyclic) bond motifs is 1. The summed E-state index contributed by atoms with van der Waals surface area (Å²) in [4.78, 5) is 27.4. The summed E-state index contributed by atoms with van der Waals surface area (Å²) < 4.78 is 11.0. The SMILES string of the molecule is COc1cc2c(cc1OC)[C@H](c1ccccc1)N(C(=O)CCNC(=O)Nc1ccccc1)CC2. The van der Waals surface area contributed by atoms with E-state index in [1.807, 2.05) is 77.7 Å². The molecule has 0 bridgehead atoms. The fraction of sp³-hybridized carbons (Fsp3) is 0.259. The van der Waals surface area contributed by atoms with Gasteiger partial charge in [-0.3, -0.25) is 4.79 Å². The molecule has 0 fully saturated rings. The number of methoxy groups -OCH3 is 2. The molecule has 1 heterocycles. The molecule has 176 valence electrons. The molecule has 0 unspecified atom stereocenters. The van der Waals surface area contributed by atoms with Crippen molar-refractivity contribution in [1.29, 1.82) is 0 Å². The number of hydrogen-bond donors (Lipinski definition) is 2. The Morgan fingerprint density at radius 3 is 2.26 bits per heavy atom. The van der Waals surface area contributed by atoms with Crippen molar-refractivity contribution in [1.82, 2.24) is 10.2 Å². The highest BCUT2D eigenvalue weighted by atomic mass is 16.5. The van der Waals surface area contributed by atoms with Crippen molar-refractivity contribution in [3.05, 3.63) is 89.5 Å². The number of hydrogen-bond acceptors (Lipinski definition) is 4. The van der Waals surface area contributed by atoms with E-state index in [9.17, 15) is 9.59 Å². The molecule has 2 N–H and O–H groups in total. The van der Waals surface area contributed by atoms with Crippen molar-refractivity contribution < 1.29 is 19.1 Å². The molecule has 34 heavy (non-hydrogen) atoms. The maximum Gasteiger partial charge on any atom is 0.319 e. The molecular weight excluding hydrogens is 430 g/mol. The molecule has 3 aromatic carbocycles. The van der Waals surface area contributed by atoms with Crippen LogP contribution in [-0.2, 0) is 11.2 Å². The first-order valence-electron chi connectivity index (χ1n) is 11.3. The van der Waals surface area contributed by atoms with Crippen LogP contribution < -0.4 is 20.1 Å². The van der Waals surface area contributed by atoms with E-state index in [1.54, 1.807) is 14.2 Å². The molecule has 1 aliphatic rings. The second-order valence-corrected chi connectivity index (χ2v) is 8.05. The predicted octanol–water partition coefficient (Wildman–Crippen LogP) is 4.39. The van der Waals surface area contributed by atoms with E-state index >= 15 is 0 Å². The third-order valence-electron chi connectivity index (χ3n) is 5.97. The number of rotatable bonds is 7. The lowest BCUT2D eigenvalue weighted by atomic mass is 9.87. The molecule has 3 amide bonds. The maximum absolute atomic E-state index is 13.3. The Labute approximate surface area is 199 Å². The third-order valence-corrected chi connectivity index (χ3v) is 5.97. The molecule has 7 heteroatoms. The van der Waals surface area contributed by atoms with Gasteiger partial charge in [-0.25, -0.2) is 4.79 Å². The number of para-hydroxylation sites is 1. The highest BCUT2D eigenvalue weighted by Crippen LogP contribution is 2.41. The summed E-state index contributed by atoms with van der Waals surface area (Å²) in [5.74, 6) is 1.30. The Morgan fingerprint density at radius 1 is 0.941 bits per heavy atom. The van der Waals surface area contributed by atoms with Gasteiger partial charge in [0.05, 0.1) is 20.3 Å². The van der Waals surface area contributed by atoms with Crippen LogP contribution in [0.4, 0.5) is 10.5 Å². The van der Waals surface area contributed by atoms with Gasteiger partial charge in [0.15, 0.2) is 11.5 Å². The molecule has 0 aliphatic carbocycles. The monoisotopic (exact) mass is 459 g/mol. The number of nitrogens with one attached hydrogen (secondary N) is 2. The van der Waals surface area contributed by atoms with Gasteiger partial charge >= 0.3 is 6.03 Å². The Morgan fingerprint density at radius 2 is 1.59 bits per heavy atom. The number of nitrogens with zero attached hydrogens (tertiary/aromatic N) is 1. The largest absolute Gasteiger partial charge is 0.493 e. The predicted molar refractivity (Wildman–Crippen MR) is 131 cm³/mol. The maximum atomic E-state index is 13.3. The summed E-state index contributed by atoms with van der Waals surface area (Å²) in [6, 6.07) is 22.6. The van der Waals surface area contributed by atoms with Crippen molar-refractivity contribution in [3.8, 4) is 11.5 Å². The van der Waals surface area contributed by atoms with Gasteiger partial charge in [-0.1, -0.05) is 48.5 Å².